The van der Waals surface area contributed by atoms with E-state index in [4.69, 9.17) is 0 Å². The van der Waals surface area contributed by atoms with Gasteiger partial charge in [0.15, 0.2) is 11.6 Å². The van der Waals surface area contributed by atoms with E-state index < -0.39 is 17.7 Å². The molecule has 2 nitrogen and oxygen atoms in total. The van der Waals surface area contributed by atoms with Crippen molar-refractivity contribution < 1.29 is 8.78 Å². The smallest absolute Gasteiger partial charge is 0.163 e. The summed E-state index contributed by atoms with van der Waals surface area (Å²) in [6.07, 6.45) is 1.69. The van der Waals surface area contributed by atoms with Crippen molar-refractivity contribution >= 4 is 0 Å². The van der Waals surface area contributed by atoms with Crippen molar-refractivity contribution in [3.8, 4) is 0 Å². The van der Waals surface area contributed by atoms with E-state index in [0.29, 0.717) is 12.1 Å². The van der Waals surface area contributed by atoms with Crippen LogP contribution in [0.3, 0.4) is 0 Å². The Labute approximate surface area is 111 Å². The highest BCUT2D eigenvalue weighted by Crippen LogP contribution is 2.25. The molecule has 19 heavy (non-hydrogen) atoms. The fourth-order valence-corrected chi connectivity index (χ4v) is 2.00. The fraction of sp³-hybridized carbons (Fsp3) is 0.267. The molecule has 0 saturated heterocycles. The topological polar surface area (TPSA) is 24.9 Å². The third kappa shape index (κ3) is 2.96. The molecule has 1 aromatic heterocycles. The SMILES string of the molecule is CCNC(c1ccc(C)nc1)c1cccc(F)c1F. The summed E-state index contributed by atoms with van der Waals surface area (Å²) in [5.74, 6) is -1.64. The molecule has 1 atom stereocenters. The molecule has 4 heteroatoms. The van der Waals surface area contributed by atoms with Crippen LogP contribution in [-0.4, -0.2) is 11.5 Å². The minimum atomic E-state index is -0.833. The molecule has 100 valence electrons. The van der Waals surface area contributed by atoms with Gasteiger partial charge in [-0.2, -0.15) is 0 Å². The Morgan fingerprint density at radius 1 is 1.21 bits per heavy atom. The molecule has 1 aromatic carbocycles. The summed E-state index contributed by atoms with van der Waals surface area (Å²) in [5.41, 5.74) is 2.00. The summed E-state index contributed by atoms with van der Waals surface area (Å²) in [6, 6.07) is 7.56. The predicted octanol–water partition coefficient (Wildman–Crippen LogP) is 3.37. The monoisotopic (exact) mass is 262 g/mol. The molecule has 2 aromatic rings. The lowest BCUT2D eigenvalue weighted by Crippen LogP contribution is -2.23. The van der Waals surface area contributed by atoms with Gasteiger partial charge in [0.05, 0.1) is 6.04 Å². The van der Waals surface area contributed by atoms with Crippen LogP contribution in [0, 0.1) is 18.6 Å². The number of pyridine rings is 1. The normalized spacial score (nSPS) is 12.4. The Bertz CT molecular complexity index is 553. The molecule has 1 N–H and O–H groups in total. The maximum absolute atomic E-state index is 13.9. The van der Waals surface area contributed by atoms with Crippen LogP contribution in [0.5, 0.6) is 0 Å². The minimum absolute atomic E-state index is 0.299. The van der Waals surface area contributed by atoms with Gasteiger partial charge in [-0.05, 0) is 31.2 Å². The summed E-state index contributed by atoms with van der Waals surface area (Å²) in [5, 5.41) is 3.16. The van der Waals surface area contributed by atoms with E-state index >= 15 is 0 Å². The van der Waals surface area contributed by atoms with Crippen LogP contribution >= 0.6 is 0 Å². The lowest BCUT2D eigenvalue weighted by molar-refractivity contribution is 0.483. The molecule has 0 aliphatic heterocycles. The van der Waals surface area contributed by atoms with Gasteiger partial charge < -0.3 is 5.32 Å². The molecule has 0 amide bonds. The molecule has 0 radical (unpaired) electrons. The lowest BCUT2D eigenvalue weighted by atomic mass is 9.99. The summed E-state index contributed by atoms with van der Waals surface area (Å²) < 4.78 is 27.2. The van der Waals surface area contributed by atoms with Gasteiger partial charge in [0.2, 0.25) is 0 Å². The van der Waals surface area contributed by atoms with Crippen molar-refractivity contribution in [1.82, 2.24) is 10.3 Å². The van der Waals surface area contributed by atoms with Gasteiger partial charge >= 0.3 is 0 Å². The number of benzene rings is 1. The third-order valence-electron chi connectivity index (χ3n) is 2.97. The largest absolute Gasteiger partial charge is 0.306 e. The number of hydrogen-bond donors (Lipinski definition) is 1. The standard InChI is InChI=1S/C15H16F2N2/c1-3-18-15(11-8-7-10(2)19-9-11)12-5-4-6-13(16)14(12)17/h4-9,15,18H,3H2,1-2H3. The molecule has 0 fully saturated rings. The average Bonchev–Trinajstić information content (AvgIpc) is 2.41. The maximum atomic E-state index is 13.9. The van der Waals surface area contributed by atoms with Crippen molar-refractivity contribution in [2.45, 2.75) is 19.9 Å². The van der Waals surface area contributed by atoms with E-state index in [-0.39, 0.29) is 0 Å². The van der Waals surface area contributed by atoms with Gasteiger partial charge in [-0.15, -0.1) is 0 Å². The first-order chi connectivity index (χ1) is 9.13. The van der Waals surface area contributed by atoms with Gasteiger partial charge in [-0.3, -0.25) is 4.98 Å². The Kier molecular flexibility index (Phi) is 4.22. The summed E-state index contributed by atoms with van der Waals surface area (Å²) in [4.78, 5) is 4.20. The second-order valence-corrected chi connectivity index (χ2v) is 4.37. The Hall–Kier alpha value is -1.81. The highest BCUT2D eigenvalue weighted by molar-refractivity contribution is 5.32. The van der Waals surface area contributed by atoms with Crippen LogP contribution in [0.2, 0.25) is 0 Å². The quantitative estimate of drug-likeness (QED) is 0.913. The second-order valence-electron chi connectivity index (χ2n) is 4.37. The Morgan fingerprint density at radius 3 is 2.63 bits per heavy atom. The number of aryl methyl sites for hydroxylation is 1. The second kappa shape index (κ2) is 5.89. The molecular formula is C15H16F2N2. The molecule has 1 heterocycles. The van der Waals surface area contributed by atoms with Crippen LogP contribution in [0.1, 0.15) is 29.8 Å². The van der Waals surface area contributed by atoms with E-state index in [1.54, 1.807) is 12.3 Å². The third-order valence-corrected chi connectivity index (χ3v) is 2.97. The number of aromatic nitrogens is 1. The Morgan fingerprint density at radius 2 is 2.00 bits per heavy atom. The van der Waals surface area contributed by atoms with Crippen LogP contribution < -0.4 is 5.32 Å². The highest BCUT2D eigenvalue weighted by atomic mass is 19.2. The van der Waals surface area contributed by atoms with Gasteiger partial charge in [0.1, 0.15) is 0 Å². The van der Waals surface area contributed by atoms with Crippen LogP contribution in [0.25, 0.3) is 0 Å². The van der Waals surface area contributed by atoms with E-state index in [9.17, 15) is 8.78 Å². The first-order valence-electron chi connectivity index (χ1n) is 6.23. The number of rotatable bonds is 4. The average molecular weight is 262 g/mol. The van der Waals surface area contributed by atoms with Crippen LogP contribution in [0.15, 0.2) is 36.5 Å². The van der Waals surface area contributed by atoms with Crippen LogP contribution in [-0.2, 0) is 0 Å². The zero-order chi connectivity index (χ0) is 13.8. The molecule has 0 saturated carbocycles. The van der Waals surface area contributed by atoms with E-state index in [2.05, 4.69) is 10.3 Å². The molecule has 2 rings (SSSR count). The van der Waals surface area contributed by atoms with Crippen molar-refractivity contribution in [1.29, 1.82) is 0 Å². The van der Waals surface area contributed by atoms with Crippen LogP contribution in [0.4, 0.5) is 8.78 Å². The molecule has 1 unspecified atom stereocenters. The van der Waals surface area contributed by atoms with Gasteiger partial charge in [-0.25, -0.2) is 8.78 Å². The van der Waals surface area contributed by atoms with E-state index in [1.165, 1.54) is 6.07 Å². The van der Waals surface area contributed by atoms with Gasteiger partial charge in [0, 0.05) is 17.5 Å². The summed E-state index contributed by atoms with van der Waals surface area (Å²) >= 11 is 0. The predicted molar refractivity (Wildman–Crippen MR) is 70.9 cm³/mol. The Balaban J connectivity index is 2.45. The fourth-order valence-electron chi connectivity index (χ4n) is 2.00. The first kappa shape index (κ1) is 13.6. The summed E-state index contributed by atoms with van der Waals surface area (Å²) in [7, 11) is 0. The molecule has 0 bridgehead atoms. The van der Waals surface area contributed by atoms with E-state index in [1.807, 2.05) is 26.0 Å². The van der Waals surface area contributed by atoms with Crippen molar-refractivity contribution in [2.75, 3.05) is 6.54 Å². The molecular weight excluding hydrogens is 246 g/mol. The molecule has 0 aliphatic carbocycles. The number of nitrogens with one attached hydrogen (secondary N) is 1. The van der Waals surface area contributed by atoms with Crippen molar-refractivity contribution in [2.24, 2.45) is 0 Å². The van der Waals surface area contributed by atoms with Crippen molar-refractivity contribution in [3.05, 3.63) is 65.0 Å². The highest BCUT2D eigenvalue weighted by Gasteiger charge is 2.19. The van der Waals surface area contributed by atoms with Crippen molar-refractivity contribution in [3.63, 3.8) is 0 Å². The number of nitrogens with zero attached hydrogens (tertiary/aromatic N) is 1. The summed E-state index contributed by atoms with van der Waals surface area (Å²) in [6.45, 7) is 4.45. The number of halogens is 2. The number of hydrogen-bond acceptors (Lipinski definition) is 2. The lowest BCUT2D eigenvalue weighted by Gasteiger charge is -2.19. The zero-order valence-corrected chi connectivity index (χ0v) is 11.0. The minimum Gasteiger partial charge on any atom is -0.306 e. The van der Waals surface area contributed by atoms with E-state index in [0.717, 1.165) is 17.3 Å². The van der Waals surface area contributed by atoms with Gasteiger partial charge in [-0.1, -0.05) is 25.1 Å². The zero-order valence-electron chi connectivity index (χ0n) is 11.0. The maximum Gasteiger partial charge on any atom is 0.163 e. The van der Waals surface area contributed by atoms with Gasteiger partial charge in [0.25, 0.3) is 0 Å². The molecule has 0 spiro atoms. The molecule has 0 aliphatic rings. The first-order valence-corrected chi connectivity index (χ1v) is 6.23.